The van der Waals surface area contributed by atoms with Crippen LogP contribution in [0, 0.1) is 17.8 Å². The predicted octanol–water partition coefficient (Wildman–Crippen LogP) is 7.82. The smallest absolute Gasteiger partial charge is 0.119 e. The van der Waals surface area contributed by atoms with Crippen molar-refractivity contribution in [1.82, 2.24) is 0 Å². The van der Waals surface area contributed by atoms with E-state index in [-0.39, 0.29) is 0 Å². The van der Waals surface area contributed by atoms with Gasteiger partial charge in [-0.3, -0.25) is 0 Å². The van der Waals surface area contributed by atoms with Crippen LogP contribution in [0.15, 0.2) is 36.7 Å². The SMILES string of the molecule is CCCCOc1ccc([C@H]2CC[C@H]([C@H]3CC[C@H](C/C=C/F)CC3)CC2)cc1. The normalized spacial score (nSPS) is 29.1. The molecule has 1 nitrogen and oxygen atoms in total. The van der Waals surface area contributed by atoms with Crippen molar-refractivity contribution in [2.75, 3.05) is 6.61 Å². The summed E-state index contributed by atoms with van der Waals surface area (Å²) in [6.07, 6.45) is 16.4. The Morgan fingerprint density at radius 2 is 1.56 bits per heavy atom. The fourth-order valence-electron chi connectivity index (χ4n) is 5.23. The number of hydrogen-bond acceptors (Lipinski definition) is 1. The molecule has 0 saturated heterocycles. The minimum atomic E-state index is 0.719. The fraction of sp³-hybridized carbons (Fsp3) is 0.680. The summed E-state index contributed by atoms with van der Waals surface area (Å²) in [6, 6.07) is 8.89. The van der Waals surface area contributed by atoms with Crippen LogP contribution in [0.1, 0.15) is 89.0 Å². The van der Waals surface area contributed by atoms with E-state index in [1.165, 1.54) is 63.4 Å². The van der Waals surface area contributed by atoms with E-state index in [0.717, 1.165) is 55.2 Å². The Bertz CT molecular complexity index is 548. The van der Waals surface area contributed by atoms with Gasteiger partial charge in [-0.1, -0.05) is 31.6 Å². The molecule has 0 unspecified atom stereocenters. The molecule has 150 valence electrons. The van der Waals surface area contributed by atoms with Gasteiger partial charge in [0, 0.05) is 0 Å². The van der Waals surface area contributed by atoms with E-state index in [9.17, 15) is 4.39 Å². The Morgan fingerprint density at radius 3 is 2.15 bits per heavy atom. The molecule has 0 amide bonds. The molecule has 0 spiro atoms. The molecule has 0 bridgehead atoms. The lowest BCUT2D eigenvalue weighted by atomic mass is 9.68. The van der Waals surface area contributed by atoms with Crippen LogP contribution in [0.2, 0.25) is 0 Å². The van der Waals surface area contributed by atoms with Crippen molar-refractivity contribution in [3.8, 4) is 5.75 Å². The Labute approximate surface area is 165 Å². The van der Waals surface area contributed by atoms with Gasteiger partial charge in [0.15, 0.2) is 0 Å². The zero-order valence-corrected chi connectivity index (χ0v) is 17.0. The summed E-state index contributed by atoms with van der Waals surface area (Å²) in [6.45, 7) is 3.02. The largest absolute Gasteiger partial charge is 0.494 e. The summed E-state index contributed by atoms with van der Waals surface area (Å²) in [5.74, 6) is 4.32. The third-order valence-corrected chi connectivity index (χ3v) is 7.01. The Hall–Kier alpha value is -1.31. The van der Waals surface area contributed by atoms with E-state index in [0.29, 0.717) is 0 Å². The van der Waals surface area contributed by atoms with Crippen molar-refractivity contribution >= 4 is 0 Å². The van der Waals surface area contributed by atoms with Crippen LogP contribution in [0.3, 0.4) is 0 Å². The van der Waals surface area contributed by atoms with Crippen molar-refractivity contribution < 1.29 is 9.13 Å². The van der Waals surface area contributed by atoms with Crippen LogP contribution < -0.4 is 4.74 Å². The standard InChI is InChI=1S/C25H37FO/c1-2-3-19-27-25-16-14-24(15-17-25)23-12-10-22(11-13-23)21-8-6-20(7-9-21)5-4-18-26/h4,14-18,20-23H,2-3,5-13,19H2,1H3/b18-4+/t20-,21-,22-,23-. The molecule has 0 atom stereocenters. The molecular weight excluding hydrogens is 335 g/mol. The van der Waals surface area contributed by atoms with Crippen molar-refractivity contribution in [1.29, 1.82) is 0 Å². The first-order chi connectivity index (χ1) is 13.3. The second-order valence-electron chi connectivity index (χ2n) is 8.76. The molecule has 2 aliphatic rings. The van der Waals surface area contributed by atoms with Crippen LogP contribution in [-0.2, 0) is 0 Å². The summed E-state index contributed by atoms with van der Waals surface area (Å²) in [5.41, 5.74) is 1.50. The predicted molar refractivity (Wildman–Crippen MR) is 112 cm³/mol. The molecule has 2 saturated carbocycles. The number of hydrogen-bond donors (Lipinski definition) is 0. The summed E-state index contributed by atoms with van der Waals surface area (Å²) in [5, 5.41) is 0. The van der Waals surface area contributed by atoms with Gasteiger partial charge in [0.05, 0.1) is 12.9 Å². The zero-order valence-electron chi connectivity index (χ0n) is 17.0. The van der Waals surface area contributed by atoms with Crippen LogP contribution in [0.5, 0.6) is 5.75 Å². The first-order valence-electron chi connectivity index (χ1n) is 11.3. The van der Waals surface area contributed by atoms with Crippen LogP contribution >= 0.6 is 0 Å². The lowest BCUT2D eigenvalue weighted by Gasteiger charge is -2.38. The highest BCUT2D eigenvalue weighted by Gasteiger charge is 2.31. The number of benzene rings is 1. The molecule has 0 radical (unpaired) electrons. The maximum absolute atomic E-state index is 12.2. The van der Waals surface area contributed by atoms with Gasteiger partial charge >= 0.3 is 0 Å². The van der Waals surface area contributed by atoms with Gasteiger partial charge in [0.2, 0.25) is 0 Å². The van der Waals surface area contributed by atoms with Gasteiger partial charge in [-0.2, -0.15) is 0 Å². The fourth-order valence-corrected chi connectivity index (χ4v) is 5.23. The first-order valence-corrected chi connectivity index (χ1v) is 11.3. The molecule has 1 aromatic carbocycles. The monoisotopic (exact) mass is 372 g/mol. The Kier molecular flexibility index (Phi) is 8.23. The van der Waals surface area contributed by atoms with E-state index in [1.54, 1.807) is 6.08 Å². The Morgan fingerprint density at radius 1 is 0.926 bits per heavy atom. The van der Waals surface area contributed by atoms with E-state index >= 15 is 0 Å². The van der Waals surface area contributed by atoms with Crippen LogP contribution in [0.25, 0.3) is 0 Å². The molecular formula is C25H37FO. The topological polar surface area (TPSA) is 9.23 Å². The molecule has 27 heavy (non-hydrogen) atoms. The van der Waals surface area contributed by atoms with Gasteiger partial charge in [-0.15, -0.1) is 0 Å². The maximum atomic E-state index is 12.2. The van der Waals surface area contributed by atoms with E-state index in [2.05, 4.69) is 31.2 Å². The van der Waals surface area contributed by atoms with E-state index in [1.807, 2.05) is 0 Å². The lowest BCUT2D eigenvalue weighted by molar-refractivity contribution is 0.160. The number of halogens is 1. The third kappa shape index (κ3) is 6.09. The molecule has 3 rings (SSSR count). The molecule has 0 N–H and O–H groups in total. The minimum Gasteiger partial charge on any atom is -0.494 e. The summed E-state index contributed by atoms with van der Waals surface area (Å²) < 4.78 is 18.0. The van der Waals surface area contributed by atoms with Crippen molar-refractivity contribution in [2.45, 2.75) is 83.5 Å². The minimum absolute atomic E-state index is 0.719. The molecule has 2 aliphatic carbocycles. The summed E-state index contributed by atoms with van der Waals surface area (Å²) >= 11 is 0. The number of ether oxygens (including phenoxy) is 1. The molecule has 2 heteroatoms. The average molecular weight is 373 g/mol. The maximum Gasteiger partial charge on any atom is 0.119 e. The quantitative estimate of drug-likeness (QED) is 0.423. The van der Waals surface area contributed by atoms with Crippen molar-refractivity contribution in [3.05, 3.63) is 42.2 Å². The zero-order chi connectivity index (χ0) is 18.9. The van der Waals surface area contributed by atoms with Crippen molar-refractivity contribution in [2.24, 2.45) is 17.8 Å². The Balaban J connectivity index is 1.41. The number of unbranched alkanes of at least 4 members (excludes halogenated alkanes) is 1. The van der Waals surface area contributed by atoms with Gasteiger partial charge in [0.25, 0.3) is 0 Å². The van der Waals surface area contributed by atoms with Crippen molar-refractivity contribution in [3.63, 3.8) is 0 Å². The van der Waals surface area contributed by atoms with Crippen LogP contribution in [-0.4, -0.2) is 6.61 Å². The second kappa shape index (κ2) is 10.9. The third-order valence-electron chi connectivity index (χ3n) is 7.01. The number of rotatable bonds is 8. The molecule has 0 heterocycles. The second-order valence-corrected chi connectivity index (χ2v) is 8.76. The lowest BCUT2D eigenvalue weighted by Crippen LogP contribution is -2.25. The molecule has 2 fully saturated rings. The van der Waals surface area contributed by atoms with Crippen LogP contribution in [0.4, 0.5) is 4.39 Å². The molecule has 0 aliphatic heterocycles. The highest BCUT2D eigenvalue weighted by atomic mass is 19.1. The van der Waals surface area contributed by atoms with Gasteiger partial charge in [-0.25, -0.2) is 4.39 Å². The highest BCUT2D eigenvalue weighted by molar-refractivity contribution is 5.29. The molecule has 0 aromatic heterocycles. The molecule has 1 aromatic rings. The number of allylic oxidation sites excluding steroid dienone is 1. The summed E-state index contributed by atoms with van der Waals surface area (Å²) in [4.78, 5) is 0. The average Bonchev–Trinajstić information content (AvgIpc) is 2.73. The van der Waals surface area contributed by atoms with E-state index in [4.69, 9.17) is 4.74 Å². The first kappa shape index (κ1) is 20.4. The van der Waals surface area contributed by atoms with E-state index < -0.39 is 0 Å². The summed E-state index contributed by atoms with van der Waals surface area (Å²) in [7, 11) is 0. The van der Waals surface area contributed by atoms with Gasteiger partial charge in [0.1, 0.15) is 5.75 Å². The van der Waals surface area contributed by atoms with Gasteiger partial charge in [-0.05, 0) is 106 Å². The van der Waals surface area contributed by atoms with Gasteiger partial charge < -0.3 is 4.74 Å². The highest BCUT2D eigenvalue weighted by Crippen LogP contribution is 2.44.